The van der Waals surface area contributed by atoms with E-state index < -0.39 is 124 Å². The summed E-state index contributed by atoms with van der Waals surface area (Å²) < 4.78 is 34.6. The minimum atomic E-state index is -1.97. The summed E-state index contributed by atoms with van der Waals surface area (Å²) in [5.74, 6) is -0.236. The Balaban J connectivity index is 1.35. The lowest BCUT2D eigenvalue weighted by Crippen LogP contribution is -2.66. The van der Waals surface area contributed by atoms with Crippen LogP contribution in [0.2, 0.25) is 0 Å². The molecule has 3 aliphatic heterocycles. The van der Waals surface area contributed by atoms with E-state index >= 15 is 0 Å². The van der Waals surface area contributed by atoms with Crippen LogP contribution in [0.15, 0.2) is 24.3 Å². The number of unbranched alkanes of at least 4 members (excludes halogenated alkanes) is 49. The van der Waals surface area contributed by atoms with E-state index in [1.165, 1.54) is 283 Å². The van der Waals surface area contributed by atoms with Crippen LogP contribution in [0.1, 0.15) is 367 Å². The van der Waals surface area contributed by atoms with Crippen molar-refractivity contribution in [3.63, 3.8) is 0 Å². The van der Waals surface area contributed by atoms with Crippen LogP contribution in [-0.4, -0.2) is 193 Å². The summed E-state index contributed by atoms with van der Waals surface area (Å²) in [6, 6.07) is -0.888. The van der Waals surface area contributed by atoms with Gasteiger partial charge >= 0.3 is 0 Å². The predicted octanol–water partition coefficient (Wildman–Crippen LogP) is 14.9. The third-order valence-electron chi connectivity index (χ3n) is 21.5. The largest absolute Gasteiger partial charge is 0.394 e. The Morgan fingerprint density at radius 1 is 0.353 bits per heavy atom. The van der Waals surface area contributed by atoms with Crippen molar-refractivity contribution in [2.75, 3.05) is 26.4 Å². The van der Waals surface area contributed by atoms with Crippen LogP contribution in [0.5, 0.6) is 0 Å². The molecule has 0 aromatic heterocycles. The van der Waals surface area contributed by atoms with E-state index in [1.54, 1.807) is 0 Å². The number of amides is 1. The molecule has 3 rings (SSSR count). The highest BCUT2D eigenvalue weighted by atomic mass is 16.8. The lowest BCUT2D eigenvalue weighted by Gasteiger charge is -2.48. The summed E-state index contributed by atoms with van der Waals surface area (Å²) in [6.07, 6.45) is 51.3. The number of hydrogen-bond acceptors (Lipinski definition) is 18. The van der Waals surface area contributed by atoms with Gasteiger partial charge in [0.15, 0.2) is 18.9 Å². The van der Waals surface area contributed by atoms with Crippen LogP contribution < -0.4 is 5.32 Å². The summed E-state index contributed by atoms with van der Waals surface area (Å²) in [7, 11) is 0. The van der Waals surface area contributed by atoms with Crippen LogP contribution in [0, 0.1) is 0 Å². The first-order chi connectivity index (χ1) is 49.8. The molecule has 1 amide bonds. The van der Waals surface area contributed by atoms with E-state index in [1.807, 2.05) is 0 Å². The average Bonchev–Trinajstić information content (AvgIpc) is 0.782. The second-order valence-electron chi connectivity index (χ2n) is 30.7. The maximum Gasteiger partial charge on any atom is 0.220 e. The van der Waals surface area contributed by atoms with Crippen molar-refractivity contribution in [3.8, 4) is 0 Å². The zero-order valence-electron chi connectivity index (χ0n) is 64.6. The summed E-state index contributed by atoms with van der Waals surface area (Å²) >= 11 is 0. The van der Waals surface area contributed by atoms with Gasteiger partial charge in [0.05, 0.1) is 38.6 Å². The third-order valence-corrected chi connectivity index (χ3v) is 21.5. The van der Waals surface area contributed by atoms with E-state index in [0.717, 1.165) is 51.4 Å². The van der Waals surface area contributed by atoms with Gasteiger partial charge in [-0.1, -0.05) is 340 Å². The van der Waals surface area contributed by atoms with Crippen LogP contribution in [-0.2, 0) is 33.2 Å². The van der Waals surface area contributed by atoms with Gasteiger partial charge in [-0.3, -0.25) is 4.79 Å². The zero-order chi connectivity index (χ0) is 73.9. The van der Waals surface area contributed by atoms with Gasteiger partial charge in [-0.2, -0.15) is 0 Å². The molecule has 0 saturated carbocycles. The Hall–Kier alpha value is -1.73. The van der Waals surface area contributed by atoms with Crippen LogP contribution in [0.3, 0.4) is 0 Å². The number of rotatable bonds is 69. The minimum Gasteiger partial charge on any atom is -0.394 e. The lowest BCUT2D eigenvalue weighted by molar-refractivity contribution is -0.379. The Bertz CT molecular complexity index is 1940. The molecule has 0 aromatic rings. The number of hydrogen-bond donors (Lipinski definition) is 12. The van der Waals surface area contributed by atoms with Gasteiger partial charge in [-0.25, -0.2) is 0 Å². The fourth-order valence-corrected chi connectivity index (χ4v) is 14.7. The average molecular weight is 1460 g/mol. The van der Waals surface area contributed by atoms with Crippen molar-refractivity contribution >= 4 is 5.91 Å². The number of nitrogens with one attached hydrogen (secondary N) is 1. The molecule has 0 aliphatic carbocycles. The molecule has 17 unspecified atom stereocenters. The quantitative estimate of drug-likeness (QED) is 0.0199. The Kier molecular flexibility index (Phi) is 59.4. The molecule has 0 spiro atoms. The molecule has 3 fully saturated rings. The topological polar surface area (TPSA) is 307 Å². The number of carbonyl (C=O) groups is 1. The highest BCUT2D eigenvalue weighted by molar-refractivity contribution is 5.76. The minimum absolute atomic E-state index is 0.236. The molecular weight excluding hydrogens is 1300 g/mol. The number of allylic oxidation sites excluding steroid dienone is 4. The smallest absolute Gasteiger partial charge is 0.220 e. The molecule has 19 nitrogen and oxygen atoms in total. The van der Waals surface area contributed by atoms with Crippen LogP contribution >= 0.6 is 0 Å². The number of aliphatic hydroxyl groups is 11. The summed E-state index contributed by atoms with van der Waals surface area (Å²) in [5, 5.41) is 121. The summed E-state index contributed by atoms with van der Waals surface area (Å²) in [4.78, 5) is 13.5. The highest BCUT2D eigenvalue weighted by Crippen LogP contribution is 2.34. The van der Waals surface area contributed by atoms with Gasteiger partial charge < -0.3 is 89.9 Å². The van der Waals surface area contributed by atoms with Crippen LogP contribution in [0.4, 0.5) is 0 Å². The fourth-order valence-electron chi connectivity index (χ4n) is 14.7. The molecule has 0 radical (unpaired) electrons. The van der Waals surface area contributed by atoms with Gasteiger partial charge in [-0.05, 0) is 44.9 Å². The second kappa shape index (κ2) is 64.1. The molecule has 0 aromatic carbocycles. The molecule has 102 heavy (non-hydrogen) atoms. The van der Waals surface area contributed by atoms with Crippen molar-refractivity contribution in [1.29, 1.82) is 0 Å². The second-order valence-corrected chi connectivity index (χ2v) is 30.7. The molecule has 3 heterocycles. The molecule has 12 N–H and O–H groups in total. The maximum atomic E-state index is 13.5. The van der Waals surface area contributed by atoms with E-state index in [2.05, 4.69) is 43.5 Å². The Morgan fingerprint density at radius 3 is 1.00 bits per heavy atom. The van der Waals surface area contributed by atoms with Crippen molar-refractivity contribution in [2.45, 2.75) is 471 Å². The maximum absolute atomic E-state index is 13.5. The van der Waals surface area contributed by atoms with E-state index in [-0.39, 0.29) is 18.9 Å². The van der Waals surface area contributed by atoms with E-state index in [4.69, 9.17) is 28.4 Å². The van der Waals surface area contributed by atoms with E-state index in [0.29, 0.717) is 12.8 Å². The zero-order valence-corrected chi connectivity index (χ0v) is 64.6. The lowest BCUT2D eigenvalue weighted by atomic mass is 9.96. The molecule has 19 heteroatoms. The van der Waals surface area contributed by atoms with Gasteiger partial charge in [0.25, 0.3) is 0 Å². The SMILES string of the molecule is CCCCCCC/C=C\C/C=C\CCCCCCCCCCCCCCCCCC(=O)NC(COC1OC(CO)C(OC2OC(CO)C(OC3OC(CO)C(O)C(O)C3O)C(O)C2O)C(O)C1O)C(O)CCCCCCCCCCCCCCCCCCCCCCCCCCCCCCCC. The summed E-state index contributed by atoms with van der Waals surface area (Å²) in [5.41, 5.74) is 0. The predicted molar refractivity (Wildman–Crippen MR) is 406 cm³/mol. The number of carbonyl (C=O) groups excluding carboxylic acids is 1. The third kappa shape index (κ3) is 43.5. The monoisotopic (exact) mass is 1460 g/mol. The molecule has 17 atom stereocenters. The van der Waals surface area contributed by atoms with Gasteiger partial charge in [0.1, 0.15) is 73.2 Å². The van der Waals surface area contributed by atoms with Crippen molar-refractivity contribution in [1.82, 2.24) is 5.32 Å². The molecule has 3 aliphatic rings. The van der Waals surface area contributed by atoms with Gasteiger partial charge in [0.2, 0.25) is 5.91 Å². The first-order valence-corrected chi connectivity index (χ1v) is 42.6. The van der Waals surface area contributed by atoms with Crippen LogP contribution in [0.25, 0.3) is 0 Å². The number of ether oxygens (including phenoxy) is 6. The van der Waals surface area contributed by atoms with Gasteiger partial charge in [0, 0.05) is 6.42 Å². The fraction of sp³-hybridized carbons (Fsp3) is 0.940. The highest BCUT2D eigenvalue weighted by Gasteiger charge is 2.54. The standard InChI is InChI=1S/C83H157NO18/c1-3-5-7-9-11-13-15-17-19-21-23-25-27-29-31-32-33-35-36-38-40-42-44-46-48-50-52-54-56-58-60-67(88)66(84-71(89)61-59-57-55-53-51-49-47-45-43-41-39-37-34-30-28-26-24-22-20-18-16-14-12-10-8-6-4-2)65-97-81-77(95)74(92)79(69(63-86)99-81)102-83-78(96)75(93)80(70(64-87)100-83)101-82-76(94)73(91)72(90)68(62-85)98-82/h16,18,22,24,66-70,72-83,85-88,90-96H,3-15,17,19-21,23,25-65H2,1-2H3,(H,84,89)/b18-16-,24-22-. The Labute approximate surface area is 619 Å². The van der Waals surface area contributed by atoms with Gasteiger partial charge in [-0.15, -0.1) is 0 Å². The first-order valence-electron chi connectivity index (χ1n) is 42.6. The molecule has 3 saturated heterocycles. The summed E-state index contributed by atoms with van der Waals surface area (Å²) in [6.45, 7) is 1.86. The van der Waals surface area contributed by atoms with Crippen molar-refractivity contribution in [2.24, 2.45) is 0 Å². The molecule has 602 valence electrons. The molecular formula is C83H157NO18. The van der Waals surface area contributed by atoms with E-state index in [9.17, 15) is 61.0 Å². The normalized spacial score (nSPS) is 26.2. The molecule has 0 bridgehead atoms. The first kappa shape index (κ1) is 94.5. The van der Waals surface area contributed by atoms with Crippen molar-refractivity contribution in [3.05, 3.63) is 24.3 Å². The van der Waals surface area contributed by atoms with Crippen molar-refractivity contribution < 1.29 is 89.4 Å². The Morgan fingerprint density at radius 2 is 0.647 bits per heavy atom. The number of aliphatic hydroxyl groups excluding tert-OH is 11.